The van der Waals surface area contributed by atoms with E-state index in [4.69, 9.17) is 9.15 Å². The lowest BCUT2D eigenvalue weighted by Crippen LogP contribution is -2.32. The van der Waals surface area contributed by atoms with Gasteiger partial charge in [0.2, 0.25) is 5.82 Å². The number of carbonyl (C=O) groups is 1. The molecule has 0 fully saturated rings. The number of furan rings is 1. The molecule has 1 N–H and O–H groups in total. The number of hydrogen-bond donors (Lipinski definition) is 1. The fourth-order valence-electron chi connectivity index (χ4n) is 2.33. The Labute approximate surface area is 145 Å². The summed E-state index contributed by atoms with van der Waals surface area (Å²) in [6, 6.07) is 4.95. The van der Waals surface area contributed by atoms with Crippen molar-refractivity contribution in [2.45, 2.75) is 26.8 Å². The summed E-state index contributed by atoms with van der Waals surface area (Å²) in [7, 11) is 0. The summed E-state index contributed by atoms with van der Waals surface area (Å²) in [5.74, 6) is 1.06. The predicted octanol–water partition coefficient (Wildman–Crippen LogP) is 2.17. The van der Waals surface area contributed by atoms with Crippen LogP contribution in [0.3, 0.4) is 0 Å². The number of ether oxygens (including phenoxy) is 1. The number of nitrogens with one attached hydrogen (secondary N) is 1. The molecule has 0 radical (unpaired) electrons. The highest BCUT2D eigenvalue weighted by molar-refractivity contribution is 5.91. The summed E-state index contributed by atoms with van der Waals surface area (Å²) in [5.41, 5.74) is 0.847. The van der Waals surface area contributed by atoms with E-state index in [-0.39, 0.29) is 5.82 Å². The third-order valence-electron chi connectivity index (χ3n) is 3.56. The molecule has 3 heterocycles. The summed E-state index contributed by atoms with van der Waals surface area (Å²) >= 11 is 0. The molecule has 0 spiro atoms. The van der Waals surface area contributed by atoms with Gasteiger partial charge in [0.15, 0.2) is 0 Å². The van der Waals surface area contributed by atoms with Gasteiger partial charge in [-0.15, -0.1) is 5.10 Å². The second kappa shape index (κ2) is 7.43. The molecule has 132 valence electrons. The summed E-state index contributed by atoms with van der Waals surface area (Å²) < 4.78 is 12.6. The number of aromatic nitrogens is 4. The smallest absolute Gasteiger partial charge is 0.291 e. The van der Waals surface area contributed by atoms with Crippen LogP contribution < -0.4 is 5.32 Å². The topological polar surface area (TPSA) is 94.5 Å². The Hall–Kier alpha value is -2.74. The number of carbonyl (C=O) groups excluding carboxylic acids is 1. The van der Waals surface area contributed by atoms with E-state index in [1.165, 1.54) is 4.52 Å². The second-order valence-electron chi connectivity index (χ2n) is 6.21. The van der Waals surface area contributed by atoms with Crippen LogP contribution in [0.5, 0.6) is 0 Å². The van der Waals surface area contributed by atoms with E-state index < -0.39 is 11.9 Å². The lowest BCUT2D eigenvalue weighted by atomic mass is 10.2. The zero-order valence-electron chi connectivity index (χ0n) is 14.5. The van der Waals surface area contributed by atoms with Crippen molar-refractivity contribution in [2.75, 3.05) is 13.2 Å². The van der Waals surface area contributed by atoms with Crippen molar-refractivity contribution in [3.8, 4) is 0 Å². The van der Waals surface area contributed by atoms with Crippen LogP contribution >= 0.6 is 0 Å². The lowest BCUT2D eigenvalue weighted by Gasteiger charge is -2.16. The van der Waals surface area contributed by atoms with Gasteiger partial charge >= 0.3 is 0 Å². The molecular formula is C17H21N5O3. The van der Waals surface area contributed by atoms with Gasteiger partial charge in [-0.25, -0.2) is 9.50 Å². The van der Waals surface area contributed by atoms with Crippen LogP contribution in [0.1, 0.15) is 42.0 Å². The highest BCUT2D eigenvalue weighted by atomic mass is 16.5. The second-order valence-corrected chi connectivity index (χ2v) is 6.21. The third kappa shape index (κ3) is 4.03. The van der Waals surface area contributed by atoms with Crippen LogP contribution in [0.2, 0.25) is 0 Å². The number of nitrogens with zero attached hydrogens (tertiary/aromatic N) is 4. The largest absolute Gasteiger partial charge is 0.467 e. The number of hydrogen-bond acceptors (Lipinski definition) is 6. The maximum atomic E-state index is 12.6. The molecule has 0 bridgehead atoms. The van der Waals surface area contributed by atoms with Crippen molar-refractivity contribution < 1.29 is 13.9 Å². The Morgan fingerprint density at radius 3 is 2.88 bits per heavy atom. The Morgan fingerprint density at radius 1 is 1.36 bits per heavy atom. The van der Waals surface area contributed by atoms with Gasteiger partial charge in [-0.2, -0.15) is 4.98 Å². The Kier molecular flexibility index (Phi) is 5.08. The number of aryl methyl sites for hydroxylation is 1. The van der Waals surface area contributed by atoms with E-state index in [1.807, 2.05) is 6.92 Å². The van der Waals surface area contributed by atoms with Crippen LogP contribution in [0.15, 0.2) is 35.1 Å². The number of fused-ring (bicyclic) bond motifs is 1. The molecule has 8 heteroatoms. The molecule has 0 aromatic carbocycles. The van der Waals surface area contributed by atoms with Crippen molar-refractivity contribution >= 4 is 11.7 Å². The maximum absolute atomic E-state index is 12.6. The zero-order chi connectivity index (χ0) is 17.8. The SMILES string of the molecule is Cc1ccnc2nc(C(=O)NC(COCC(C)C)c3ccco3)nn12. The van der Waals surface area contributed by atoms with Crippen molar-refractivity contribution in [1.29, 1.82) is 0 Å². The summed E-state index contributed by atoms with van der Waals surface area (Å²) in [4.78, 5) is 20.8. The molecule has 1 atom stereocenters. The third-order valence-corrected chi connectivity index (χ3v) is 3.56. The van der Waals surface area contributed by atoms with Gasteiger partial charge in [-0.05, 0) is 31.0 Å². The summed E-state index contributed by atoms with van der Waals surface area (Å²) in [6.45, 7) is 6.91. The van der Waals surface area contributed by atoms with Gasteiger partial charge in [-0.1, -0.05) is 13.8 Å². The minimum atomic E-state index is -0.415. The van der Waals surface area contributed by atoms with E-state index in [0.717, 1.165) is 5.69 Å². The molecule has 0 aliphatic carbocycles. The zero-order valence-corrected chi connectivity index (χ0v) is 14.5. The average molecular weight is 343 g/mol. The fourth-order valence-corrected chi connectivity index (χ4v) is 2.33. The first kappa shape index (κ1) is 17.1. The van der Waals surface area contributed by atoms with Crippen molar-refractivity contribution in [3.05, 3.63) is 47.9 Å². The summed E-state index contributed by atoms with van der Waals surface area (Å²) in [6.07, 6.45) is 3.19. The average Bonchev–Trinajstić information content (AvgIpc) is 3.23. The van der Waals surface area contributed by atoms with E-state index >= 15 is 0 Å². The Balaban J connectivity index is 1.75. The minimum Gasteiger partial charge on any atom is -0.467 e. The molecule has 1 amide bonds. The van der Waals surface area contributed by atoms with Crippen LogP contribution in [-0.4, -0.2) is 38.7 Å². The molecule has 1 unspecified atom stereocenters. The van der Waals surface area contributed by atoms with E-state index in [9.17, 15) is 4.79 Å². The minimum absolute atomic E-state index is 0.0576. The van der Waals surface area contributed by atoms with Crippen LogP contribution in [0.4, 0.5) is 0 Å². The highest BCUT2D eigenvalue weighted by Crippen LogP contribution is 2.15. The molecule has 0 aliphatic rings. The van der Waals surface area contributed by atoms with Crippen LogP contribution in [0, 0.1) is 12.8 Å². The molecule has 3 rings (SSSR count). The monoisotopic (exact) mass is 343 g/mol. The van der Waals surface area contributed by atoms with Crippen molar-refractivity contribution in [2.24, 2.45) is 5.92 Å². The first-order valence-electron chi connectivity index (χ1n) is 8.15. The van der Waals surface area contributed by atoms with Gasteiger partial charge in [0.05, 0.1) is 12.9 Å². The standard InChI is InChI=1S/C17H21N5O3/c1-11(2)9-24-10-13(14-5-4-8-25-14)19-16(23)15-20-17-18-7-6-12(3)22(17)21-15/h4-8,11,13H,9-10H2,1-3H3,(H,19,23). The number of amides is 1. The molecule has 0 saturated carbocycles. The van der Waals surface area contributed by atoms with Gasteiger partial charge in [-0.3, -0.25) is 4.79 Å². The molecule has 8 nitrogen and oxygen atoms in total. The molecule has 3 aromatic heterocycles. The van der Waals surface area contributed by atoms with Gasteiger partial charge < -0.3 is 14.5 Å². The molecule has 3 aromatic rings. The van der Waals surface area contributed by atoms with Crippen molar-refractivity contribution in [3.63, 3.8) is 0 Å². The van der Waals surface area contributed by atoms with Gasteiger partial charge in [0, 0.05) is 18.5 Å². The van der Waals surface area contributed by atoms with Gasteiger partial charge in [0.25, 0.3) is 11.7 Å². The van der Waals surface area contributed by atoms with Gasteiger partial charge in [0.1, 0.15) is 11.8 Å². The molecule has 0 saturated heterocycles. The van der Waals surface area contributed by atoms with Crippen LogP contribution in [0.25, 0.3) is 5.78 Å². The number of rotatable bonds is 7. The molecule has 0 aliphatic heterocycles. The van der Waals surface area contributed by atoms with Crippen molar-refractivity contribution in [1.82, 2.24) is 24.9 Å². The van der Waals surface area contributed by atoms with E-state index in [2.05, 4.69) is 34.2 Å². The Morgan fingerprint density at radius 2 is 2.20 bits per heavy atom. The quantitative estimate of drug-likeness (QED) is 0.706. The fraction of sp³-hybridized carbons (Fsp3) is 0.412. The lowest BCUT2D eigenvalue weighted by molar-refractivity contribution is 0.0724. The molecule has 25 heavy (non-hydrogen) atoms. The highest BCUT2D eigenvalue weighted by Gasteiger charge is 2.22. The van der Waals surface area contributed by atoms with E-state index in [0.29, 0.717) is 30.7 Å². The van der Waals surface area contributed by atoms with E-state index in [1.54, 1.807) is 30.7 Å². The predicted molar refractivity (Wildman–Crippen MR) is 90.1 cm³/mol. The molecular weight excluding hydrogens is 322 g/mol. The summed E-state index contributed by atoms with van der Waals surface area (Å²) in [5, 5.41) is 7.08. The first-order valence-corrected chi connectivity index (χ1v) is 8.15. The normalized spacial score (nSPS) is 12.6. The first-order chi connectivity index (χ1) is 12.0. The Bertz CT molecular complexity index is 841. The van der Waals surface area contributed by atoms with Crippen LogP contribution in [-0.2, 0) is 4.74 Å². The maximum Gasteiger partial charge on any atom is 0.291 e.